The van der Waals surface area contributed by atoms with Gasteiger partial charge in [-0.3, -0.25) is 4.99 Å². The highest BCUT2D eigenvalue weighted by Crippen LogP contribution is 2.16. The number of rotatable bonds is 11. The van der Waals surface area contributed by atoms with Gasteiger partial charge in [-0.2, -0.15) is 0 Å². The number of nitrogens with zero attached hydrogens (tertiary/aromatic N) is 3. The topological polar surface area (TPSA) is 72.7 Å². The zero-order valence-corrected chi connectivity index (χ0v) is 19.3. The van der Waals surface area contributed by atoms with Gasteiger partial charge in [-0.15, -0.1) is 24.0 Å². The Morgan fingerprint density at radius 2 is 1.89 bits per heavy atom. The van der Waals surface area contributed by atoms with Gasteiger partial charge in [0, 0.05) is 32.0 Å². The molecule has 0 saturated carbocycles. The van der Waals surface area contributed by atoms with Crippen LogP contribution < -0.4 is 20.1 Å². The van der Waals surface area contributed by atoms with Crippen molar-refractivity contribution in [3.05, 3.63) is 42.5 Å². The fraction of sp³-hybridized carbons (Fsp3) is 0.500. The molecule has 156 valence electrons. The lowest BCUT2D eigenvalue weighted by Gasteiger charge is -2.12. The smallest absolute Gasteiger partial charge is 0.191 e. The number of aromatic nitrogens is 2. The molecule has 1 aromatic heterocycles. The molecule has 0 aliphatic rings. The first-order chi connectivity index (χ1) is 13.2. The van der Waals surface area contributed by atoms with E-state index >= 15 is 0 Å². The molecule has 0 radical (unpaired) electrons. The Morgan fingerprint density at radius 1 is 1.14 bits per heavy atom. The van der Waals surface area contributed by atoms with Crippen LogP contribution in [-0.4, -0.2) is 48.9 Å². The summed E-state index contributed by atoms with van der Waals surface area (Å²) in [4.78, 5) is 8.86. The minimum Gasteiger partial charge on any atom is -0.497 e. The van der Waals surface area contributed by atoms with Gasteiger partial charge in [0.2, 0.25) is 0 Å². The van der Waals surface area contributed by atoms with Crippen LogP contribution in [0.3, 0.4) is 0 Å². The summed E-state index contributed by atoms with van der Waals surface area (Å²) >= 11 is 0. The predicted molar refractivity (Wildman–Crippen MR) is 124 cm³/mol. The highest BCUT2D eigenvalue weighted by atomic mass is 127. The minimum absolute atomic E-state index is 0. The normalized spacial score (nSPS) is 10.9. The average molecular weight is 501 g/mol. The molecule has 8 heteroatoms. The van der Waals surface area contributed by atoms with E-state index in [1.54, 1.807) is 7.11 Å². The molecule has 0 aliphatic carbocycles. The molecule has 0 bridgehead atoms. The lowest BCUT2D eigenvalue weighted by atomic mass is 10.3. The van der Waals surface area contributed by atoms with E-state index in [4.69, 9.17) is 9.47 Å². The zero-order valence-electron chi connectivity index (χ0n) is 17.0. The molecule has 1 aromatic carbocycles. The van der Waals surface area contributed by atoms with Crippen LogP contribution in [0.4, 0.5) is 0 Å². The Labute approximate surface area is 185 Å². The molecule has 0 aliphatic heterocycles. The molecule has 2 N–H and O–H groups in total. The maximum absolute atomic E-state index is 5.72. The van der Waals surface area contributed by atoms with E-state index in [-0.39, 0.29) is 24.0 Å². The number of hydrogen-bond acceptors (Lipinski definition) is 4. The molecule has 0 unspecified atom stereocenters. The Hall–Kier alpha value is -1.97. The summed E-state index contributed by atoms with van der Waals surface area (Å²) in [6, 6.07) is 7.58. The van der Waals surface area contributed by atoms with E-state index in [1.807, 2.05) is 43.6 Å². The van der Waals surface area contributed by atoms with Gasteiger partial charge in [0.1, 0.15) is 23.9 Å². The van der Waals surface area contributed by atoms with Crippen molar-refractivity contribution in [2.75, 3.05) is 33.4 Å². The van der Waals surface area contributed by atoms with E-state index in [1.165, 1.54) is 0 Å². The van der Waals surface area contributed by atoms with Crippen LogP contribution in [-0.2, 0) is 6.54 Å². The summed E-state index contributed by atoms with van der Waals surface area (Å²) in [5.74, 6) is 3.54. The summed E-state index contributed by atoms with van der Waals surface area (Å²) in [5.41, 5.74) is 0. The third kappa shape index (κ3) is 8.81. The zero-order chi connectivity index (χ0) is 19.3. The molecule has 0 fully saturated rings. The van der Waals surface area contributed by atoms with Crippen LogP contribution >= 0.6 is 24.0 Å². The van der Waals surface area contributed by atoms with Crippen LogP contribution in [0.25, 0.3) is 0 Å². The van der Waals surface area contributed by atoms with Crippen LogP contribution in [0.5, 0.6) is 11.5 Å². The number of ether oxygens (including phenoxy) is 2. The van der Waals surface area contributed by atoms with Gasteiger partial charge >= 0.3 is 0 Å². The molecule has 28 heavy (non-hydrogen) atoms. The molecule has 0 saturated heterocycles. The third-order valence-electron chi connectivity index (χ3n) is 4.07. The summed E-state index contributed by atoms with van der Waals surface area (Å²) in [6.07, 6.45) is 5.99. The highest BCUT2D eigenvalue weighted by molar-refractivity contribution is 14.0. The first kappa shape index (κ1) is 24.1. The number of hydrogen-bond donors (Lipinski definition) is 2. The fourth-order valence-corrected chi connectivity index (χ4v) is 2.58. The minimum atomic E-state index is 0. The van der Waals surface area contributed by atoms with E-state index < -0.39 is 0 Å². The van der Waals surface area contributed by atoms with Gasteiger partial charge in [-0.05, 0) is 51.0 Å². The Bertz CT molecular complexity index is 688. The molecule has 0 spiro atoms. The SMILES string of the molecule is CCNC(=NCCCCn1ccnc1C)NCCOc1ccc(OC)cc1.I. The van der Waals surface area contributed by atoms with Crippen molar-refractivity contribution in [3.8, 4) is 11.5 Å². The van der Waals surface area contributed by atoms with E-state index in [2.05, 4.69) is 32.1 Å². The van der Waals surface area contributed by atoms with Crippen molar-refractivity contribution in [3.63, 3.8) is 0 Å². The van der Waals surface area contributed by atoms with Crippen molar-refractivity contribution in [2.45, 2.75) is 33.2 Å². The first-order valence-corrected chi connectivity index (χ1v) is 9.49. The number of guanidine groups is 1. The molecule has 7 nitrogen and oxygen atoms in total. The number of unbranched alkanes of at least 4 members (excludes halogenated alkanes) is 1. The van der Waals surface area contributed by atoms with Gasteiger partial charge in [0.25, 0.3) is 0 Å². The number of methoxy groups -OCH3 is 1. The van der Waals surface area contributed by atoms with Crippen LogP contribution in [0.1, 0.15) is 25.6 Å². The Balaban J connectivity index is 0.00000392. The molecule has 0 atom stereocenters. The maximum Gasteiger partial charge on any atom is 0.191 e. The number of aryl methyl sites for hydroxylation is 2. The maximum atomic E-state index is 5.72. The number of aliphatic imine (C=N–C) groups is 1. The fourth-order valence-electron chi connectivity index (χ4n) is 2.58. The van der Waals surface area contributed by atoms with Crippen LogP contribution in [0, 0.1) is 6.92 Å². The van der Waals surface area contributed by atoms with Crippen molar-refractivity contribution >= 4 is 29.9 Å². The second-order valence-corrected chi connectivity index (χ2v) is 6.09. The lowest BCUT2D eigenvalue weighted by Crippen LogP contribution is -2.39. The quantitative estimate of drug-likeness (QED) is 0.214. The van der Waals surface area contributed by atoms with Gasteiger partial charge in [-0.1, -0.05) is 0 Å². The van der Waals surface area contributed by atoms with Gasteiger partial charge in [0.15, 0.2) is 5.96 Å². The Kier molecular flexibility index (Phi) is 12.1. The van der Waals surface area contributed by atoms with Crippen molar-refractivity contribution < 1.29 is 9.47 Å². The number of benzene rings is 1. The predicted octanol–water partition coefficient (Wildman–Crippen LogP) is 3.23. The highest BCUT2D eigenvalue weighted by Gasteiger charge is 1.99. The monoisotopic (exact) mass is 501 g/mol. The van der Waals surface area contributed by atoms with E-state index in [0.717, 1.165) is 55.8 Å². The largest absolute Gasteiger partial charge is 0.497 e. The van der Waals surface area contributed by atoms with Crippen LogP contribution in [0.15, 0.2) is 41.7 Å². The van der Waals surface area contributed by atoms with Crippen molar-refractivity contribution in [1.82, 2.24) is 20.2 Å². The standard InChI is InChI=1S/C20H31N5O2.HI/c1-4-21-20(23-11-5-6-14-25-15-12-22-17(25)2)24-13-16-27-19-9-7-18(26-3)8-10-19;/h7-10,12,15H,4-6,11,13-14,16H2,1-3H3,(H2,21,23,24);1H. The second kappa shape index (κ2) is 14.1. The Morgan fingerprint density at radius 3 is 2.54 bits per heavy atom. The number of halogens is 1. The average Bonchev–Trinajstić information content (AvgIpc) is 3.10. The first-order valence-electron chi connectivity index (χ1n) is 9.49. The van der Waals surface area contributed by atoms with Crippen LogP contribution in [0.2, 0.25) is 0 Å². The van der Waals surface area contributed by atoms with E-state index in [9.17, 15) is 0 Å². The molecule has 2 rings (SSSR count). The molecule has 1 heterocycles. The molecule has 0 amide bonds. The molecular weight excluding hydrogens is 469 g/mol. The summed E-state index contributed by atoms with van der Waals surface area (Å²) in [7, 11) is 1.65. The van der Waals surface area contributed by atoms with E-state index in [0.29, 0.717) is 13.2 Å². The van der Waals surface area contributed by atoms with Gasteiger partial charge in [0.05, 0.1) is 13.7 Å². The second-order valence-electron chi connectivity index (χ2n) is 6.09. The lowest BCUT2D eigenvalue weighted by molar-refractivity contribution is 0.321. The summed E-state index contributed by atoms with van der Waals surface area (Å²) < 4.78 is 13.0. The number of nitrogens with one attached hydrogen (secondary N) is 2. The third-order valence-corrected chi connectivity index (χ3v) is 4.07. The van der Waals surface area contributed by atoms with Gasteiger partial charge in [-0.25, -0.2) is 4.98 Å². The van der Waals surface area contributed by atoms with Gasteiger partial charge < -0.3 is 24.7 Å². The molecule has 2 aromatic rings. The summed E-state index contributed by atoms with van der Waals surface area (Å²) in [5, 5.41) is 6.56. The van der Waals surface area contributed by atoms with Crippen molar-refractivity contribution in [1.29, 1.82) is 0 Å². The van der Waals surface area contributed by atoms with Crippen molar-refractivity contribution in [2.24, 2.45) is 4.99 Å². The number of imidazole rings is 1. The summed E-state index contributed by atoms with van der Waals surface area (Å²) in [6.45, 7) is 7.96. The molecular formula is C20H32IN5O2.